The molecule has 0 spiro atoms. The van der Waals surface area contributed by atoms with Gasteiger partial charge in [-0.1, -0.05) is 330 Å². The molecule has 0 radical (unpaired) electrons. The molecule has 2 aromatic heterocycles. The van der Waals surface area contributed by atoms with E-state index < -0.39 is 5.41 Å². The van der Waals surface area contributed by atoms with Crippen LogP contribution < -0.4 is 9.80 Å². The Bertz CT molecular complexity index is 7300. The molecule has 0 fully saturated rings. The summed E-state index contributed by atoms with van der Waals surface area (Å²) in [6.07, 6.45) is 0.792. The Kier molecular flexibility index (Phi) is 15.9. The van der Waals surface area contributed by atoms with Crippen molar-refractivity contribution in [1.29, 1.82) is 0 Å². The third-order valence-corrected chi connectivity index (χ3v) is 27.0. The molecular formula is C110H76N2S2. The molecule has 2 heterocycles. The lowest BCUT2D eigenvalue weighted by Gasteiger charge is -2.31. The van der Waals surface area contributed by atoms with E-state index in [4.69, 9.17) is 0 Å². The third kappa shape index (κ3) is 10.8. The van der Waals surface area contributed by atoms with Crippen molar-refractivity contribution in [3.05, 3.63) is 422 Å². The Balaban J connectivity index is 0.686. The lowest BCUT2D eigenvalue weighted by molar-refractivity contribution is 0.583. The van der Waals surface area contributed by atoms with Crippen LogP contribution in [0.25, 0.3) is 151 Å². The number of hydrogen-bond donors (Lipinski definition) is 0. The average Bonchev–Trinajstić information content (AvgIpc) is 1.54. The molecule has 4 heteroatoms. The van der Waals surface area contributed by atoms with Gasteiger partial charge in [-0.2, -0.15) is 0 Å². The molecule has 0 N–H and O–H groups in total. The summed E-state index contributed by atoms with van der Waals surface area (Å²) in [4.78, 5) is 5.10. The SMILES string of the molecule is CC1(C)c2ccccc2-c2c(-c3ccccc3N(c3cccc(-c4cccc5ccccc45)c3)c3ccccc3-c3cccc4sc5ccc(CC6(C)c7ccccc7-c7c(-c8ccccc8N(c8cccc(-c9ccc%10ccccc%10c9)c8)c8ccccc8-c8cccc9sc%10ccccc%10c89)cccc76)cc5c34)cccc21. The van der Waals surface area contributed by atoms with Crippen molar-refractivity contribution in [3.63, 3.8) is 0 Å². The Morgan fingerprint density at radius 1 is 0.237 bits per heavy atom. The van der Waals surface area contributed by atoms with Gasteiger partial charge in [0.05, 0.1) is 22.7 Å². The summed E-state index contributed by atoms with van der Waals surface area (Å²) in [5, 5.41) is 10.0. The van der Waals surface area contributed by atoms with E-state index in [9.17, 15) is 0 Å². The molecule has 0 saturated heterocycles. The van der Waals surface area contributed by atoms with Gasteiger partial charge >= 0.3 is 0 Å². The van der Waals surface area contributed by atoms with Crippen LogP contribution in [0.1, 0.15) is 48.6 Å². The van der Waals surface area contributed by atoms with Gasteiger partial charge in [-0.25, -0.2) is 0 Å². The molecule has 0 aliphatic heterocycles. The number of fused-ring (bicyclic) bond motifs is 14. The third-order valence-electron chi connectivity index (χ3n) is 24.7. The molecule has 2 aliphatic carbocycles. The summed E-state index contributed by atoms with van der Waals surface area (Å²) in [7, 11) is 0. The van der Waals surface area contributed by atoms with Gasteiger partial charge in [0.15, 0.2) is 0 Å². The summed E-state index contributed by atoms with van der Waals surface area (Å²) < 4.78 is 5.11. The van der Waals surface area contributed by atoms with Crippen molar-refractivity contribution in [3.8, 4) is 89.0 Å². The van der Waals surface area contributed by atoms with E-state index in [0.717, 1.165) is 62.8 Å². The number of hydrogen-bond acceptors (Lipinski definition) is 4. The van der Waals surface area contributed by atoms with E-state index in [1.165, 1.54) is 156 Å². The van der Waals surface area contributed by atoms with Crippen LogP contribution in [-0.4, -0.2) is 0 Å². The highest BCUT2D eigenvalue weighted by molar-refractivity contribution is 7.26. The van der Waals surface area contributed by atoms with Crippen molar-refractivity contribution in [2.75, 3.05) is 9.80 Å². The van der Waals surface area contributed by atoms with Gasteiger partial charge in [0.25, 0.3) is 0 Å². The van der Waals surface area contributed by atoms with Crippen LogP contribution in [0, 0.1) is 0 Å². The van der Waals surface area contributed by atoms with Gasteiger partial charge in [0, 0.05) is 84.8 Å². The number of benzene rings is 18. The van der Waals surface area contributed by atoms with E-state index in [-0.39, 0.29) is 5.41 Å². The van der Waals surface area contributed by atoms with Crippen LogP contribution in [0.5, 0.6) is 0 Å². The highest BCUT2D eigenvalue weighted by atomic mass is 32.1. The Morgan fingerprint density at radius 2 is 0.640 bits per heavy atom. The van der Waals surface area contributed by atoms with E-state index in [1.807, 2.05) is 22.7 Å². The number of para-hydroxylation sites is 4. The number of nitrogens with zero attached hydrogens (tertiary/aromatic N) is 2. The van der Waals surface area contributed by atoms with Crippen molar-refractivity contribution in [2.45, 2.75) is 38.0 Å². The zero-order valence-corrected chi connectivity index (χ0v) is 65.1. The van der Waals surface area contributed by atoms with E-state index in [0.29, 0.717) is 0 Å². The zero-order valence-electron chi connectivity index (χ0n) is 63.4. The average molecular weight is 1490 g/mol. The van der Waals surface area contributed by atoms with Crippen LogP contribution >= 0.6 is 22.7 Å². The molecule has 0 amide bonds. The summed E-state index contributed by atoms with van der Waals surface area (Å²) in [5.41, 5.74) is 32.1. The molecule has 538 valence electrons. The molecule has 1 unspecified atom stereocenters. The molecule has 1 atom stereocenters. The monoisotopic (exact) mass is 1490 g/mol. The second-order valence-electron chi connectivity index (χ2n) is 31.5. The minimum absolute atomic E-state index is 0.163. The van der Waals surface area contributed by atoms with Crippen LogP contribution in [0.3, 0.4) is 0 Å². The maximum absolute atomic E-state index is 2.56. The molecule has 18 aromatic carbocycles. The van der Waals surface area contributed by atoms with Crippen molar-refractivity contribution < 1.29 is 0 Å². The van der Waals surface area contributed by atoms with Gasteiger partial charge in [-0.3, -0.25) is 0 Å². The molecule has 2 aliphatic rings. The van der Waals surface area contributed by atoms with E-state index in [2.05, 4.69) is 425 Å². The normalized spacial score (nSPS) is 13.9. The number of anilines is 6. The Morgan fingerprint density at radius 3 is 1.29 bits per heavy atom. The fraction of sp³-hybridized carbons (Fsp3) is 0.0545. The fourth-order valence-corrected chi connectivity index (χ4v) is 21.8. The molecule has 0 bridgehead atoms. The van der Waals surface area contributed by atoms with Gasteiger partial charge < -0.3 is 9.80 Å². The summed E-state index contributed by atoms with van der Waals surface area (Å²) in [5.74, 6) is 0. The van der Waals surface area contributed by atoms with E-state index in [1.54, 1.807) is 0 Å². The van der Waals surface area contributed by atoms with Gasteiger partial charge in [-0.05, 0) is 207 Å². The van der Waals surface area contributed by atoms with Crippen LogP contribution in [-0.2, 0) is 17.3 Å². The maximum atomic E-state index is 2.56. The molecule has 2 nitrogen and oxygen atoms in total. The fourth-order valence-electron chi connectivity index (χ4n) is 19.5. The van der Waals surface area contributed by atoms with Gasteiger partial charge in [0.2, 0.25) is 0 Å². The van der Waals surface area contributed by atoms with Crippen LogP contribution in [0.4, 0.5) is 34.1 Å². The smallest absolute Gasteiger partial charge is 0.0540 e. The molecule has 0 saturated carbocycles. The Labute approximate surface area is 672 Å². The molecule has 114 heavy (non-hydrogen) atoms. The standard InChI is InChI=1S/C110H76N2S2/c1-109(2)93-50-15-8-42-89(93)105-85(46-25-52-95(105)109)81-38-10-17-54-97(81)112(78-36-23-34-76(68-78)80-45-24-32-72-30-6-7-37-79(72)80)100-57-20-13-41-84(100)88-49-28-60-104-108(88)92-65-70(61-64-102(92)114-104)69-110(3)94-51-16-9-43-90(94)106-86(47-26-53-96(106)110)82-39-11-18-55-98(82)111(77-35-22-33-74(67-77)75-63-62-71-29-4-5-31-73(71)66-75)99-56-19-12-40-83(99)87-48-27-59-103-107(87)91-44-14-21-58-101(91)113-103/h4-68H,69H2,1-3H3. The molecule has 20 aromatic rings. The first-order valence-electron chi connectivity index (χ1n) is 39.7. The first-order valence-corrected chi connectivity index (χ1v) is 41.3. The topological polar surface area (TPSA) is 6.48 Å². The second kappa shape index (κ2) is 26.9. The highest BCUT2D eigenvalue weighted by Gasteiger charge is 2.42. The highest BCUT2D eigenvalue weighted by Crippen LogP contribution is 2.59. The quantitative estimate of drug-likeness (QED) is 0.107. The second-order valence-corrected chi connectivity index (χ2v) is 33.7. The minimum Gasteiger partial charge on any atom is -0.309 e. The van der Waals surface area contributed by atoms with Crippen molar-refractivity contribution in [1.82, 2.24) is 0 Å². The maximum Gasteiger partial charge on any atom is 0.0540 e. The molecule has 22 rings (SSSR count). The number of rotatable bonds is 14. The van der Waals surface area contributed by atoms with Crippen LogP contribution in [0.2, 0.25) is 0 Å². The lowest BCUT2D eigenvalue weighted by Crippen LogP contribution is -2.24. The number of thiophene rings is 2. The first-order chi connectivity index (χ1) is 56.2. The minimum atomic E-state index is -0.403. The summed E-state index contributed by atoms with van der Waals surface area (Å²) in [6, 6.07) is 148. The summed E-state index contributed by atoms with van der Waals surface area (Å²) in [6.45, 7) is 7.27. The summed E-state index contributed by atoms with van der Waals surface area (Å²) >= 11 is 3.76. The van der Waals surface area contributed by atoms with Crippen LogP contribution in [0.15, 0.2) is 394 Å². The largest absolute Gasteiger partial charge is 0.309 e. The van der Waals surface area contributed by atoms with Gasteiger partial charge in [-0.15, -0.1) is 22.7 Å². The van der Waals surface area contributed by atoms with E-state index >= 15 is 0 Å². The molecular weight excluding hydrogens is 1410 g/mol. The predicted molar refractivity (Wildman–Crippen MR) is 489 cm³/mol. The van der Waals surface area contributed by atoms with Crippen molar-refractivity contribution >= 4 is 119 Å². The lowest BCUT2D eigenvalue weighted by atomic mass is 9.75. The van der Waals surface area contributed by atoms with Crippen molar-refractivity contribution in [2.24, 2.45) is 0 Å². The Hall–Kier alpha value is -13.5. The predicted octanol–water partition coefficient (Wildman–Crippen LogP) is 31.5. The first kappa shape index (κ1) is 67.4. The van der Waals surface area contributed by atoms with Gasteiger partial charge in [0.1, 0.15) is 0 Å². The zero-order chi connectivity index (χ0) is 75.8.